The van der Waals surface area contributed by atoms with Gasteiger partial charge in [-0.05, 0) is 46.9 Å². The van der Waals surface area contributed by atoms with Crippen LogP contribution in [0.4, 0.5) is 0 Å². The summed E-state index contributed by atoms with van der Waals surface area (Å²) in [5, 5.41) is 0. The van der Waals surface area contributed by atoms with Crippen molar-refractivity contribution in [3.63, 3.8) is 0 Å². The van der Waals surface area contributed by atoms with E-state index in [-0.39, 0.29) is 10.8 Å². The first kappa shape index (κ1) is 14.4. The summed E-state index contributed by atoms with van der Waals surface area (Å²) < 4.78 is 9.18. The van der Waals surface area contributed by atoms with E-state index in [1.54, 1.807) is 0 Å². The van der Waals surface area contributed by atoms with Crippen LogP contribution in [0.2, 0.25) is 0 Å². The lowest BCUT2D eigenvalue weighted by Crippen LogP contribution is -2.20. The summed E-state index contributed by atoms with van der Waals surface area (Å²) in [6.45, 7) is 18.0. The van der Waals surface area contributed by atoms with Crippen LogP contribution >= 0.6 is 11.7 Å². The lowest BCUT2D eigenvalue weighted by atomic mass is 9.75. The highest BCUT2D eigenvalue weighted by Crippen LogP contribution is 2.40. The van der Waals surface area contributed by atoms with Crippen molar-refractivity contribution in [3.05, 3.63) is 22.3 Å². The second-order valence-electron chi connectivity index (χ2n) is 7.46. The molecular weight excluding hydrogens is 252 g/mol. The Morgan fingerprint density at radius 2 is 1.00 bits per heavy atom. The van der Waals surface area contributed by atoms with Gasteiger partial charge in [0, 0.05) is 0 Å². The lowest BCUT2D eigenvalue weighted by Gasteiger charge is -2.29. The minimum absolute atomic E-state index is 0.0965. The summed E-state index contributed by atoms with van der Waals surface area (Å²) in [4.78, 5) is 0. The Labute approximate surface area is 120 Å². The smallest absolute Gasteiger partial charge is 0.109 e. The van der Waals surface area contributed by atoms with Gasteiger partial charge in [0.05, 0.1) is 11.7 Å². The Balaban J connectivity index is 2.99. The second-order valence-corrected chi connectivity index (χ2v) is 7.99. The standard InChI is InChI=1S/C16H24N2S/c1-9-10(2)12(16(6,7)8)14-13(17-19-18-14)11(9)15(3,4)5/h1-8H3. The Hall–Kier alpha value is -0.960. The molecule has 0 fully saturated rings. The predicted octanol–water partition coefficient (Wildman–Crippen LogP) is 4.90. The van der Waals surface area contributed by atoms with Crippen molar-refractivity contribution in [2.75, 3.05) is 0 Å². The number of hydrogen-bond donors (Lipinski definition) is 0. The van der Waals surface area contributed by atoms with E-state index < -0.39 is 0 Å². The normalized spacial score (nSPS) is 13.3. The molecular formula is C16H24N2S. The SMILES string of the molecule is Cc1c(C)c(C(C)(C)C)c2nsnc2c1C(C)(C)C. The number of aromatic nitrogens is 2. The minimum atomic E-state index is 0.0965. The first-order valence-electron chi connectivity index (χ1n) is 6.81. The number of rotatable bonds is 0. The van der Waals surface area contributed by atoms with Crippen molar-refractivity contribution in [1.82, 2.24) is 8.75 Å². The van der Waals surface area contributed by atoms with E-state index in [1.165, 1.54) is 34.0 Å². The van der Waals surface area contributed by atoms with E-state index in [0.29, 0.717) is 0 Å². The Morgan fingerprint density at radius 3 is 1.26 bits per heavy atom. The van der Waals surface area contributed by atoms with Crippen LogP contribution in [0.1, 0.15) is 63.8 Å². The van der Waals surface area contributed by atoms with E-state index in [2.05, 4.69) is 64.1 Å². The van der Waals surface area contributed by atoms with Gasteiger partial charge in [0.2, 0.25) is 0 Å². The maximum Gasteiger partial charge on any atom is 0.109 e. The third kappa shape index (κ3) is 2.29. The van der Waals surface area contributed by atoms with Gasteiger partial charge < -0.3 is 0 Å². The predicted molar refractivity (Wildman–Crippen MR) is 84.3 cm³/mol. The van der Waals surface area contributed by atoms with Gasteiger partial charge in [-0.15, -0.1) is 0 Å². The molecule has 1 aromatic heterocycles. The van der Waals surface area contributed by atoms with Crippen LogP contribution in [0.15, 0.2) is 0 Å². The fourth-order valence-corrected chi connectivity index (χ4v) is 3.64. The quantitative estimate of drug-likeness (QED) is 0.683. The fraction of sp³-hybridized carbons (Fsp3) is 0.625. The summed E-state index contributed by atoms with van der Waals surface area (Å²) in [6.07, 6.45) is 0. The first-order chi connectivity index (χ1) is 8.55. The van der Waals surface area contributed by atoms with Crippen LogP contribution < -0.4 is 0 Å². The van der Waals surface area contributed by atoms with E-state index in [0.717, 1.165) is 11.0 Å². The van der Waals surface area contributed by atoms with Crippen LogP contribution in [0.25, 0.3) is 11.0 Å². The van der Waals surface area contributed by atoms with Crippen LogP contribution in [0, 0.1) is 13.8 Å². The van der Waals surface area contributed by atoms with Crippen molar-refractivity contribution in [2.45, 2.75) is 66.2 Å². The van der Waals surface area contributed by atoms with Gasteiger partial charge >= 0.3 is 0 Å². The zero-order valence-electron chi connectivity index (χ0n) is 13.3. The molecule has 3 heteroatoms. The van der Waals surface area contributed by atoms with E-state index in [1.807, 2.05) is 0 Å². The number of fused-ring (bicyclic) bond motifs is 1. The van der Waals surface area contributed by atoms with E-state index >= 15 is 0 Å². The molecule has 1 aromatic carbocycles. The van der Waals surface area contributed by atoms with Crippen molar-refractivity contribution >= 4 is 22.8 Å². The summed E-state index contributed by atoms with van der Waals surface area (Å²) in [5.41, 5.74) is 7.84. The average molecular weight is 276 g/mol. The van der Waals surface area contributed by atoms with Gasteiger partial charge in [-0.1, -0.05) is 41.5 Å². The topological polar surface area (TPSA) is 25.8 Å². The maximum atomic E-state index is 4.59. The lowest BCUT2D eigenvalue weighted by molar-refractivity contribution is 0.577. The molecule has 0 aliphatic heterocycles. The Bertz CT molecular complexity index is 571. The van der Waals surface area contributed by atoms with Crippen LogP contribution in [-0.2, 0) is 10.8 Å². The zero-order valence-corrected chi connectivity index (χ0v) is 14.1. The van der Waals surface area contributed by atoms with Crippen molar-refractivity contribution in [1.29, 1.82) is 0 Å². The van der Waals surface area contributed by atoms with Gasteiger partial charge in [0.25, 0.3) is 0 Å². The summed E-state index contributed by atoms with van der Waals surface area (Å²) in [5.74, 6) is 0. The van der Waals surface area contributed by atoms with Crippen LogP contribution in [0.5, 0.6) is 0 Å². The second kappa shape index (κ2) is 4.27. The van der Waals surface area contributed by atoms with E-state index in [4.69, 9.17) is 0 Å². The van der Waals surface area contributed by atoms with Crippen LogP contribution in [-0.4, -0.2) is 8.75 Å². The highest BCUT2D eigenvalue weighted by atomic mass is 32.1. The summed E-state index contributed by atoms with van der Waals surface area (Å²) in [7, 11) is 0. The van der Waals surface area contributed by atoms with Crippen LogP contribution in [0.3, 0.4) is 0 Å². The molecule has 0 spiro atoms. The third-order valence-corrected chi connectivity index (χ3v) is 4.30. The molecule has 0 aliphatic rings. The Morgan fingerprint density at radius 1 is 0.684 bits per heavy atom. The molecule has 0 saturated carbocycles. The van der Waals surface area contributed by atoms with Gasteiger partial charge in [-0.3, -0.25) is 0 Å². The van der Waals surface area contributed by atoms with Gasteiger partial charge in [0.1, 0.15) is 11.0 Å². The number of hydrogen-bond acceptors (Lipinski definition) is 3. The zero-order chi connectivity index (χ0) is 14.6. The van der Waals surface area contributed by atoms with E-state index in [9.17, 15) is 0 Å². The molecule has 2 aromatic rings. The molecule has 2 nitrogen and oxygen atoms in total. The molecule has 0 aliphatic carbocycles. The molecule has 0 N–H and O–H groups in total. The number of nitrogens with zero attached hydrogens (tertiary/aromatic N) is 2. The first-order valence-corrected chi connectivity index (χ1v) is 7.54. The van der Waals surface area contributed by atoms with Gasteiger partial charge in [0.15, 0.2) is 0 Å². The molecule has 0 atom stereocenters. The minimum Gasteiger partial charge on any atom is -0.173 e. The largest absolute Gasteiger partial charge is 0.173 e. The monoisotopic (exact) mass is 276 g/mol. The molecule has 0 bridgehead atoms. The molecule has 0 radical (unpaired) electrons. The molecule has 0 unspecified atom stereocenters. The van der Waals surface area contributed by atoms with Crippen molar-refractivity contribution < 1.29 is 0 Å². The van der Waals surface area contributed by atoms with Crippen molar-refractivity contribution in [3.8, 4) is 0 Å². The summed E-state index contributed by atoms with van der Waals surface area (Å²) >= 11 is 1.33. The molecule has 0 saturated heterocycles. The van der Waals surface area contributed by atoms with Gasteiger partial charge in [-0.25, -0.2) is 0 Å². The molecule has 19 heavy (non-hydrogen) atoms. The highest BCUT2D eigenvalue weighted by Gasteiger charge is 2.29. The average Bonchev–Trinajstić information content (AvgIpc) is 2.62. The van der Waals surface area contributed by atoms with Crippen molar-refractivity contribution in [2.24, 2.45) is 0 Å². The molecule has 2 rings (SSSR count). The fourth-order valence-electron chi connectivity index (χ4n) is 3.08. The third-order valence-electron chi connectivity index (χ3n) is 3.77. The highest BCUT2D eigenvalue weighted by molar-refractivity contribution is 7.00. The number of benzene rings is 1. The maximum absolute atomic E-state index is 4.59. The molecule has 0 amide bonds. The molecule has 1 heterocycles. The molecule has 104 valence electrons. The summed E-state index contributed by atoms with van der Waals surface area (Å²) in [6, 6.07) is 0. The Kier molecular flexibility index (Phi) is 3.25. The van der Waals surface area contributed by atoms with Gasteiger partial charge in [-0.2, -0.15) is 8.75 Å².